The molecule has 0 aliphatic carbocycles. The second kappa shape index (κ2) is 10.6. The van der Waals surface area contributed by atoms with Crippen molar-refractivity contribution in [2.45, 2.75) is 32.7 Å². The number of carbonyl (C=O) groups is 3. The molecule has 2 N–H and O–H groups in total. The summed E-state index contributed by atoms with van der Waals surface area (Å²) >= 11 is 6.37. The van der Waals surface area contributed by atoms with Crippen molar-refractivity contribution in [3.05, 3.63) is 46.1 Å². The first-order valence-electron chi connectivity index (χ1n) is 10.6. The average Bonchev–Trinajstić information content (AvgIpc) is 2.74. The van der Waals surface area contributed by atoms with Gasteiger partial charge in [-0.3, -0.25) is 9.69 Å². The highest BCUT2D eigenvalue weighted by Crippen LogP contribution is 2.32. The first-order valence-corrected chi connectivity index (χ1v) is 10.9. The van der Waals surface area contributed by atoms with Crippen LogP contribution in [-0.4, -0.2) is 55.7 Å². The minimum Gasteiger partial charge on any atom is -0.466 e. The third kappa shape index (κ3) is 5.57. The summed E-state index contributed by atoms with van der Waals surface area (Å²) in [6.07, 6.45) is 1.58. The monoisotopic (exact) mass is 449 g/mol. The number of carbonyl (C=O) groups excluding carboxylic acids is 3. The van der Waals surface area contributed by atoms with Crippen molar-refractivity contribution in [3.63, 3.8) is 0 Å². The smallest absolute Gasteiger partial charge is 0.338 e. The van der Waals surface area contributed by atoms with Crippen molar-refractivity contribution < 1.29 is 23.9 Å². The summed E-state index contributed by atoms with van der Waals surface area (Å²) in [5.41, 5.74) is 1.38. The molecule has 3 rings (SSSR count). The summed E-state index contributed by atoms with van der Waals surface area (Å²) in [4.78, 5) is 39.6. The van der Waals surface area contributed by atoms with Crippen LogP contribution in [0.3, 0.4) is 0 Å². The van der Waals surface area contributed by atoms with Crippen LogP contribution in [0.25, 0.3) is 0 Å². The molecule has 2 amide bonds. The lowest BCUT2D eigenvalue weighted by Gasteiger charge is -2.35. The maximum Gasteiger partial charge on any atom is 0.338 e. The summed E-state index contributed by atoms with van der Waals surface area (Å²) in [7, 11) is 0. The lowest BCUT2D eigenvalue weighted by atomic mass is 9.93. The lowest BCUT2D eigenvalue weighted by molar-refractivity contribution is -0.150. The molecule has 8 nitrogen and oxygen atoms in total. The van der Waals surface area contributed by atoms with Gasteiger partial charge >= 0.3 is 18.0 Å². The standard InChI is InChI=1S/C22H28ClN3O5/c1-3-30-20(27)14-8-7-11-26(12-14)13-17-18(21(28)31-4-2)19(25-22(29)24-17)15-9-5-6-10-16(15)23/h5-6,9-10,14,19H,3-4,7-8,11-13H2,1-2H3,(H2,24,25,29)/t14-,19+/m1/s1. The van der Waals surface area contributed by atoms with Crippen molar-refractivity contribution in [1.82, 2.24) is 15.5 Å². The quantitative estimate of drug-likeness (QED) is 0.621. The number of likely N-dealkylation sites (tertiary alicyclic amines) is 1. The first kappa shape index (κ1) is 23.1. The van der Waals surface area contributed by atoms with E-state index >= 15 is 0 Å². The second-order valence-corrected chi connectivity index (χ2v) is 7.90. The Bertz CT molecular complexity index is 872. The first-order chi connectivity index (χ1) is 14.9. The zero-order chi connectivity index (χ0) is 22.4. The number of rotatable bonds is 7. The Balaban J connectivity index is 1.92. The number of halogens is 1. The van der Waals surface area contributed by atoms with E-state index in [4.69, 9.17) is 21.1 Å². The highest BCUT2D eigenvalue weighted by molar-refractivity contribution is 6.31. The van der Waals surface area contributed by atoms with Crippen LogP contribution in [0.2, 0.25) is 5.02 Å². The molecule has 2 heterocycles. The van der Waals surface area contributed by atoms with Gasteiger partial charge in [0.05, 0.1) is 30.7 Å². The van der Waals surface area contributed by atoms with Crippen LogP contribution in [-0.2, 0) is 19.1 Å². The number of hydrogen-bond acceptors (Lipinski definition) is 6. The molecule has 0 bridgehead atoms. The molecule has 0 aromatic heterocycles. The fourth-order valence-electron chi connectivity index (χ4n) is 4.01. The molecule has 0 unspecified atom stereocenters. The van der Waals surface area contributed by atoms with Crippen LogP contribution >= 0.6 is 11.6 Å². The van der Waals surface area contributed by atoms with Crippen LogP contribution in [0.1, 0.15) is 38.3 Å². The zero-order valence-corrected chi connectivity index (χ0v) is 18.5. The summed E-state index contributed by atoms with van der Waals surface area (Å²) < 4.78 is 10.5. The van der Waals surface area contributed by atoms with Crippen molar-refractivity contribution in [1.29, 1.82) is 0 Å². The number of amides is 2. The van der Waals surface area contributed by atoms with E-state index in [1.54, 1.807) is 38.1 Å². The van der Waals surface area contributed by atoms with Gasteiger partial charge in [0.25, 0.3) is 0 Å². The average molecular weight is 450 g/mol. The van der Waals surface area contributed by atoms with Gasteiger partial charge in [0, 0.05) is 23.8 Å². The Morgan fingerprint density at radius 1 is 1.19 bits per heavy atom. The van der Waals surface area contributed by atoms with E-state index in [-0.39, 0.29) is 18.5 Å². The van der Waals surface area contributed by atoms with Gasteiger partial charge in [0.15, 0.2) is 0 Å². The molecule has 168 valence electrons. The van der Waals surface area contributed by atoms with Gasteiger partial charge in [-0.1, -0.05) is 29.8 Å². The maximum atomic E-state index is 12.9. The van der Waals surface area contributed by atoms with Crippen molar-refractivity contribution in [2.75, 3.05) is 32.8 Å². The fourth-order valence-corrected chi connectivity index (χ4v) is 4.26. The number of nitrogens with zero attached hydrogens (tertiary/aromatic N) is 1. The van der Waals surface area contributed by atoms with Crippen LogP contribution in [0.15, 0.2) is 35.5 Å². The highest BCUT2D eigenvalue weighted by Gasteiger charge is 2.36. The van der Waals surface area contributed by atoms with Gasteiger partial charge in [-0.05, 0) is 44.9 Å². The summed E-state index contributed by atoms with van der Waals surface area (Å²) in [6, 6.07) is 5.91. The molecule has 1 fully saturated rings. The third-order valence-electron chi connectivity index (χ3n) is 5.37. The Morgan fingerprint density at radius 2 is 1.94 bits per heavy atom. The molecule has 1 saturated heterocycles. The Labute approximate surface area is 186 Å². The summed E-state index contributed by atoms with van der Waals surface area (Å²) in [5.74, 6) is -0.957. The molecule has 0 spiro atoms. The number of esters is 2. The van der Waals surface area contributed by atoms with Gasteiger partial charge in [0.2, 0.25) is 0 Å². The molecule has 31 heavy (non-hydrogen) atoms. The predicted octanol–water partition coefficient (Wildman–Crippen LogP) is 2.79. The van der Waals surface area contributed by atoms with Gasteiger partial charge in [0.1, 0.15) is 0 Å². The molecule has 2 atom stereocenters. The molecular formula is C22H28ClN3O5. The Kier molecular flexibility index (Phi) is 7.92. The van der Waals surface area contributed by atoms with E-state index in [1.807, 2.05) is 0 Å². The molecule has 1 aromatic rings. The van der Waals surface area contributed by atoms with E-state index in [2.05, 4.69) is 15.5 Å². The summed E-state index contributed by atoms with van der Waals surface area (Å²) in [5, 5.41) is 6.00. The minimum atomic E-state index is -0.734. The van der Waals surface area contributed by atoms with Gasteiger partial charge in [-0.25, -0.2) is 9.59 Å². The number of urea groups is 1. The van der Waals surface area contributed by atoms with Gasteiger partial charge in [-0.15, -0.1) is 0 Å². The maximum absolute atomic E-state index is 12.9. The number of hydrogen-bond donors (Lipinski definition) is 2. The molecule has 1 aromatic carbocycles. The molecule has 9 heteroatoms. The lowest BCUT2D eigenvalue weighted by Crippen LogP contribution is -2.50. The highest BCUT2D eigenvalue weighted by atomic mass is 35.5. The van der Waals surface area contributed by atoms with Gasteiger partial charge in [-0.2, -0.15) is 0 Å². The topological polar surface area (TPSA) is 97.0 Å². The van der Waals surface area contributed by atoms with E-state index in [0.717, 1.165) is 19.4 Å². The number of piperidine rings is 1. The minimum absolute atomic E-state index is 0.202. The molecule has 0 saturated carbocycles. The van der Waals surface area contributed by atoms with E-state index < -0.39 is 18.0 Å². The number of nitrogens with one attached hydrogen (secondary N) is 2. The normalized spacial score (nSPS) is 21.8. The van der Waals surface area contributed by atoms with Crippen molar-refractivity contribution in [2.24, 2.45) is 5.92 Å². The van der Waals surface area contributed by atoms with Crippen LogP contribution in [0.4, 0.5) is 4.79 Å². The zero-order valence-electron chi connectivity index (χ0n) is 17.8. The van der Waals surface area contributed by atoms with E-state index in [9.17, 15) is 14.4 Å². The number of benzene rings is 1. The predicted molar refractivity (Wildman–Crippen MR) is 115 cm³/mol. The van der Waals surface area contributed by atoms with Crippen molar-refractivity contribution in [3.8, 4) is 0 Å². The van der Waals surface area contributed by atoms with Crippen LogP contribution < -0.4 is 10.6 Å². The third-order valence-corrected chi connectivity index (χ3v) is 5.72. The fraction of sp³-hybridized carbons (Fsp3) is 0.500. The Morgan fingerprint density at radius 3 is 2.65 bits per heavy atom. The Hall–Kier alpha value is -2.58. The van der Waals surface area contributed by atoms with Gasteiger partial charge < -0.3 is 20.1 Å². The molecule has 0 radical (unpaired) electrons. The molecule has 2 aliphatic rings. The van der Waals surface area contributed by atoms with E-state index in [1.165, 1.54) is 0 Å². The van der Waals surface area contributed by atoms with Crippen LogP contribution in [0, 0.1) is 5.92 Å². The SMILES string of the molecule is CCOC(=O)C1=C(CN2CCC[C@@H](C(=O)OCC)C2)NC(=O)N[C@H]1c1ccccc1Cl. The summed E-state index contributed by atoms with van der Waals surface area (Å²) in [6.45, 7) is 5.61. The largest absolute Gasteiger partial charge is 0.466 e. The molecular weight excluding hydrogens is 422 g/mol. The molecule has 2 aliphatic heterocycles. The van der Waals surface area contributed by atoms with Crippen molar-refractivity contribution >= 4 is 29.6 Å². The number of ether oxygens (including phenoxy) is 2. The van der Waals surface area contributed by atoms with Crippen LogP contribution in [0.5, 0.6) is 0 Å². The second-order valence-electron chi connectivity index (χ2n) is 7.49. The van der Waals surface area contributed by atoms with E-state index in [0.29, 0.717) is 41.6 Å².